The summed E-state index contributed by atoms with van der Waals surface area (Å²) in [6.45, 7) is 0. The van der Waals surface area contributed by atoms with Gasteiger partial charge in [0.15, 0.2) is 0 Å². The second kappa shape index (κ2) is 6.20. The lowest BCUT2D eigenvalue weighted by Gasteiger charge is -2.13. The SMILES string of the molecule is COc1ccc(C(O)Cc2ccccc2OC)cn1. The van der Waals surface area contributed by atoms with Crippen LogP contribution in [0.5, 0.6) is 11.6 Å². The van der Waals surface area contributed by atoms with Gasteiger partial charge in [-0.1, -0.05) is 18.2 Å². The first kappa shape index (κ1) is 13.4. The molecule has 0 fully saturated rings. The van der Waals surface area contributed by atoms with E-state index in [1.807, 2.05) is 30.3 Å². The molecule has 100 valence electrons. The zero-order chi connectivity index (χ0) is 13.7. The van der Waals surface area contributed by atoms with Crippen LogP contribution in [-0.4, -0.2) is 24.3 Å². The van der Waals surface area contributed by atoms with E-state index in [0.29, 0.717) is 12.3 Å². The van der Waals surface area contributed by atoms with Crippen LogP contribution in [0.15, 0.2) is 42.6 Å². The van der Waals surface area contributed by atoms with Gasteiger partial charge in [0.2, 0.25) is 5.88 Å². The average molecular weight is 259 g/mol. The summed E-state index contributed by atoms with van der Waals surface area (Å²) in [4.78, 5) is 4.09. The van der Waals surface area contributed by atoms with Crippen molar-refractivity contribution in [1.82, 2.24) is 4.98 Å². The number of aromatic nitrogens is 1. The summed E-state index contributed by atoms with van der Waals surface area (Å²) < 4.78 is 10.3. The maximum Gasteiger partial charge on any atom is 0.212 e. The second-order valence-electron chi connectivity index (χ2n) is 4.17. The quantitative estimate of drug-likeness (QED) is 0.895. The number of aliphatic hydroxyl groups excluding tert-OH is 1. The van der Waals surface area contributed by atoms with Crippen LogP contribution >= 0.6 is 0 Å². The molecule has 0 spiro atoms. The molecule has 0 saturated carbocycles. The van der Waals surface area contributed by atoms with Crippen molar-refractivity contribution < 1.29 is 14.6 Å². The molecule has 0 radical (unpaired) electrons. The number of ether oxygens (including phenoxy) is 2. The molecule has 2 rings (SSSR count). The Hall–Kier alpha value is -2.07. The van der Waals surface area contributed by atoms with Gasteiger partial charge in [-0.2, -0.15) is 0 Å². The number of benzene rings is 1. The fraction of sp³-hybridized carbons (Fsp3) is 0.267. The van der Waals surface area contributed by atoms with Crippen molar-refractivity contribution in [3.63, 3.8) is 0 Å². The van der Waals surface area contributed by atoms with Crippen molar-refractivity contribution in [2.24, 2.45) is 0 Å². The molecule has 0 aliphatic heterocycles. The van der Waals surface area contributed by atoms with Crippen molar-refractivity contribution in [2.45, 2.75) is 12.5 Å². The van der Waals surface area contributed by atoms with Crippen molar-refractivity contribution >= 4 is 0 Å². The van der Waals surface area contributed by atoms with Crippen molar-refractivity contribution in [2.75, 3.05) is 14.2 Å². The molecule has 4 heteroatoms. The van der Waals surface area contributed by atoms with Crippen LogP contribution in [0.1, 0.15) is 17.2 Å². The van der Waals surface area contributed by atoms with E-state index in [-0.39, 0.29) is 0 Å². The number of pyridine rings is 1. The lowest BCUT2D eigenvalue weighted by atomic mass is 10.0. The molecule has 1 heterocycles. The third-order valence-electron chi connectivity index (χ3n) is 2.96. The van der Waals surface area contributed by atoms with Crippen LogP contribution in [0, 0.1) is 0 Å². The minimum absolute atomic E-state index is 0.484. The van der Waals surface area contributed by atoms with Crippen molar-refractivity contribution in [3.05, 3.63) is 53.7 Å². The maximum absolute atomic E-state index is 10.2. The zero-order valence-corrected chi connectivity index (χ0v) is 11.0. The predicted molar refractivity (Wildman–Crippen MR) is 72.4 cm³/mol. The standard InChI is InChI=1S/C15H17NO3/c1-18-14-6-4-3-5-11(14)9-13(17)12-7-8-15(19-2)16-10-12/h3-8,10,13,17H,9H2,1-2H3. The summed E-state index contributed by atoms with van der Waals surface area (Å²) in [5.74, 6) is 1.32. The van der Waals surface area contributed by atoms with Crippen LogP contribution in [-0.2, 0) is 6.42 Å². The molecular formula is C15H17NO3. The number of aliphatic hydroxyl groups is 1. The molecule has 4 nitrogen and oxygen atoms in total. The highest BCUT2D eigenvalue weighted by molar-refractivity contribution is 5.34. The Morgan fingerprint density at radius 3 is 2.53 bits per heavy atom. The van der Waals surface area contributed by atoms with Gasteiger partial charge < -0.3 is 14.6 Å². The minimum Gasteiger partial charge on any atom is -0.496 e. The van der Waals surface area contributed by atoms with E-state index < -0.39 is 6.10 Å². The van der Waals surface area contributed by atoms with Gasteiger partial charge in [0, 0.05) is 18.7 Å². The molecule has 1 atom stereocenters. The van der Waals surface area contributed by atoms with Gasteiger partial charge in [-0.15, -0.1) is 0 Å². The number of hydrogen-bond acceptors (Lipinski definition) is 4. The van der Waals surface area contributed by atoms with Gasteiger partial charge in [-0.25, -0.2) is 4.98 Å². The van der Waals surface area contributed by atoms with Crippen molar-refractivity contribution in [3.8, 4) is 11.6 Å². The highest BCUT2D eigenvalue weighted by atomic mass is 16.5. The molecule has 1 unspecified atom stereocenters. The highest BCUT2D eigenvalue weighted by Gasteiger charge is 2.12. The van der Waals surface area contributed by atoms with Crippen molar-refractivity contribution in [1.29, 1.82) is 0 Å². The summed E-state index contributed by atoms with van der Waals surface area (Å²) in [5.41, 5.74) is 1.72. The van der Waals surface area contributed by atoms with E-state index in [0.717, 1.165) is 16.9 Å². The number of rotatable bonds is 5. The van der Waals surface area contributed by atoms with Crippen LogP contribution in [0.2, 0.25) is 0 Å². The summed E-state index contributed by atoms with van der Waals surface area (Å²) >= 11 is 0. The number of methoxy groups -OCH3 is 2. The molecule has 0 aliphatic rings. The number of hydrogen-bond donors (Lipinski definition) is 1. The monoisotopic (exact) mass is 259 g/mol. The predicted octanol–water partition coefficient (Wildman–Crippen LogP) is 2.37. The fourth-order valence-corrected chi connectivity index (χ4v) is 1.91. The van der Waals surface area contributed by atoms with Gasteiger partial charge in [-0.05, 0) is 23.3 Å². The topological polar surface area (TPSA) is 51.6 Å². The van der Waals surface area contributed by atoms with Crippen LogP contribution < -0.4 is 9.47 Å². The Bertz CT molecular complexity index is 525. The zero-order valence-electron chi connectivity index (χ0n) is 11.0. The largest absolute Gasteiger partial charge is 0.496 e. The molecule has 0 bridgehead atoms. The lowest BCUT2D eigenvalue weighted by molar-refractivity contribution is 0.176. The Labute approximate surface area is 112 Å². The van der Waals surface area contributed by atoms with E-state index in [2.05, 4.69) is 4.98 Å². The Morgan fingerprint density at radius 2 is 1.89 bits per heavy atom. The first-order chi connectivity index (χ1) is 9.24. The number of nitrogens with zero attached hydrogens (tertiary/aromatic N) is 1. The smallest absolute Gasteiger partial charge is 0.212 e. The summed E-state index contributed by atoms with van der Waals surface area (Å²) in [6, 6.07) is 11.2. The molecule has 19 heavy (non-hydrogen) atoms. The maximum atomic E-state index is 10.2. The van der Waals surface area contributed by atoms with E-state index >= 15 is 0 Å². The second-order valence-corrected chi connectivity index (χ2v) is 4.17. The van der Waals surface area contributed by atoms with Gasteiger partial charge >= 0.3 is 0 Å². The highest BCUT2D eigenvalue weighted by Crippen LogP contribution is 2.25. The molecule has 0 amide bonds. The van der Waals surface area contributed by atoms with E-state index in [4.69, 9.17) is 9.47 Å². The van der Waals surface area contributed by atoms with Crippen LogP contribution in [0.3, 0.4) is 0 Å². The molecule has 1 N–H and O–H groups in total. The van der Waals surface area contributed by atoms with E-state index in [9.17, 15) is 5.11 Å². The fourth-order valence-electron chi connectivity index (χ4n) is 1.91. The molecule has 2 aromatic rings. The molecular weight excluding hydrogens is 242 g/mol. The van der Waals surface area contributed by atoms with Gasteiger partial charge in [0.25, 0.3) is 0 Å². The summed E-state index contributed by atoms with van der Waals surface area (Å²) in [5, 5.41) is 10.2. The van der Waals surface area contributed by atoms with E-state index in [1.165, 1.54) is 0 Å². The Kier molecular flexibility index (Phi) is 4.36. The van der Waals surface area contributed by atoms with E-state index in [1.54, 1.807) is 26.5 Å². The first-order valence-corrected chi connectivity index (χ1v) is 6.04. The number of para-hydroxylation sites is 1. The summed E-state index contributed by atoms with van der Waals surface area (Å²) in [7, 11) is 3.19. The van der Waals surface area contributed by atoms with Gasteiger partial charge in [0.05, 0.1) is 20.3 Å². The molecule has 0 aliphatic carbocycles. The minimum atomic E-state index is -0.616. The van der Waals surface area contributed by atoms with Crippen LogP contribution in [0.25, 0.3) is 0 Å². The third kappa shape index (κ3) is 3.23. The first-order valence-electron chi connectivity index (χ1n) is 6.04. The van der Waals surface area contributed by atoms with Gasteiger partial charge in [0.1, 0.15) is 5.75 Å². The molecule has 0 saturated heterocycles. The van der Waals surface area contributed by atoms with Crippen LogP contribution in [0.4, 0.5) is 0 Å². The lowest BCUT2D eigenvalue weighted by Crippen LogP contribution is -2.04. The Balaban J connectivity index is 2.13. The molecule has 1 aromatic heterocycles. The average Bonchev–Trinajstić information content (AvgIpc) is 2.48. The Morgan fingerprint density at radius 1 is 1.11 bits per heavy atom. The normalized spacial score (nSPS) is 11.9. The summed E-state index contributed by atoms with van der Waals surface area (Å²) in [6.07, 6.45) is 1.49. The van der Waals surface area contributed by atoms with Gasteiger partial charge in [-0.3, -0.25) is 0 Å². The third-order valence-corrected chi connectivity index (χ3v) is 2.96. The molecule has 1 aromatic carbocycles.